The third-order valence-corrected chi connectivity index (χ3v) is 3.27. The summed E-state index contributed by atoms with van der Waals surface area (Å²) in [5, 5.41) is 4.86. The van der Waals surface area contributed by atoms with Gasteiger partial charge in [0.1, 0.15) is 6.04 Å². The molecule has 1 aliphatic carbocycles. The summed E-state index contributed by atoms with van der Waals surface area (Å²) in [5.74, 6) is -0.864. The average Bonchev–Trinajstić information content (AvgIpc) is 3.03. The van der Waals surface area contributed by atoms with E-state index in [1.165, 1.54) is 0 Å². The van der Waals surface area contributed by atoms with Crippen molar-refractivity contribution in [1.29, 1.82) is 0 Å². The molecule has 0 radical (unpaired) electrons. The topological polar surface area (TPSA) is 101 Å². The number of carbonyl (C=O) groups excluding carboxylic acids is 3. The highest BCUT2D eigenvalue weighted by Gasteiger charge is 2.49. The molecule has 2 aliphatic rings. The van der Waals surface area contributed by atoms with Crippen LogP contribution < -0.4 is 16.4 Å². The number of piperidine rings is 1. The van der Waals surface area contributed by atoms with Crippen LogP contribution in [0.4, 0.5) is 0 Å². The molecule has 0 aromatic carbocycles. The van der Waals surface area contributed by atoms with Crippen LogP contribution in [-0.2, 0) is 14.4 Å². The first-order valence-electron chi connectivity index (χ1n) is 5.42. The molecule has 0 aromatic heterocycles. The van der Waals surface area contributed by atoms with E-state index in [1.807, 2.05) is 0 Å². The number of rotatable bonds is 3. The van der Waals surface area contributed by atoms with Gasteiger partial charge in [0.25, 0.3) is 0 Å². The maximum atomic E-state index is 11.8. The molecule has 16 heavy (non-hydrogen) atoms. The van der Waals surface area contributed by atoms with Gasteiger partial charge in [0.15, 0.2) is 0 Å². The Bertz CT molecular complexity index is 349. The maximum absolute atomic E-state index is 11.8. The fourth-order valence-corrected chi connectivity index (χ4v) is 1.82. The molecule has 1 saturated carbocycles. The molecule has 1 heterocycles. The fourth-order valence-electron chi connectivity index (χ4n) is 1.82. The molecule has 3 amide bonds. The summed E-state index contributed by atoms with van der Waals surface area (Å²) in [6, 6.07) is -0.589. The average molecular weight is 225 g/mol. The van der Waals surface area contributed by atoms with E-state index in [-0.39, 0.29) is 18.2 Å². The number of hydrogen-bond donors (Lipinski definition) is 3. The molecule has 2 fully saturated rings. The van der Waals surface area contributed by atoms with Gasteiger partial charge in [0.05, 0.1) is 5.41 Å². The highest BCUT2D eigenvalue weighted by Crippen LogP contribution is 2.44. The first kappa shape index (κ1) is 11.1. The van der Waals surface area contributed by atoms with E-state index in [0.717, 1.165) is 12.8 Å². The minimum atomic E-state index is -0.589. The van der Waals surface area contributed by atoms with Crippen molar-refractivity contribution in [3.63, 3.8) is 0 Å². The van der Waals surface area contributed by atoms with Crippen molar-refractivity contribution in [2.75, 3.05) is 6.54 Å². The van der Waals surface area contributed by atoms with Gasteiger partial charge in [-0.05, 0) is 19.3 Å². The van der Waals surface area contributed by atoms with Crippen LogP contribution in [0.15, 0.2) is 0 Å². The molecular weight excluding hydrogens is 210 g/mol. The zero-order chi connectivity index (χ0) is 11.8. The minimum absolute atomic E-state index is 0.163. The minimum Gasteiger partial charge on any atom is -0.344 e. The Morgan fingerprint density at radius 1 is 1.50 bits per heavy atom. The smallest absolute Gasteiger partial charge is 0.249 e. The zero-order valence-electron chi connectivity index (χ0n) is 8.91. The van der Waals surface area contributed by atoms with Crippen molar-refractivity contribution in [3.05, 3.63) is 0 Å². The second-order valence-electron chi connectivity index (χ2n) is 4.46. The summed E-state index contributed by atoms with van der Waals surface area (Å²) in [4.78, 5) is 34.1. The lowest BCUT2D eigenvalue weighted by atomic mass is 10.0. The number of nitrogens with two attached hydrogens (primary N) is 1. The van der Waals surface area contributed by atoms with Crippen molar-refractivity contribution in [3.8, 4) is 0 Å². The summed E-state index contributed by atoms with van der Waals surface area (Å²) >= 11 is 0. The van der Waals surface area contributed by atoms with Gasteiger partial charge in [-0.15, -0.1) is 0 Å². The first-order chi connectivity index (χ1) is 7.57. The maximum Gasteiger partial charge on any atom is 0.249 e. The van der Waals surface area contributed by atoms with Crippen LogP contribution in [0.3, 0.4) is 0 Å². The van der Waals surface area contributed by atoms with Gasteiger partial charge in [-0.25, -0.2) is 0 Å². The van der Waals surface area contributed by atoms with Crippen LogP contribution in [0.25, 0.3) is 0 Å². The molecule has 1 atom stereocenters. The van der Waals surface area contributed by atoms with E-state index in [2.05, 4.69) is 10.6 Å². The van der Waals surface area contributed by atoms with E-state index in [9.17, 15) is 14.4 Å². The van der Waals surface area contributed by atoms with Gasteiger partial charge >= 0.3 is 0 Å². The number of nitrogens with one attached hydrogen (secondary N) is 2. The Hall–Kier alpha value is -1.43. The second kappa shape index (κ2) is 3.86. The molecule has 0 aromatic rings. The highest BCUT2D eigenvalue weighted by molar-refractivity contribution is 6.02. The van der Waals surface area contributed by atoms with Crippen molar-refractivity contribution in [2.45, 2.75) is 31.7 Å². The zero-order valence-corrected chi connectivity index (χ0v) is 8.91. The van der Waals surface area contributed by atoms with E-state index in [4.69, 9.17) is 5.73 Å². The van der Waals surface area contributed by atoms with Gasteiger partial charge < -0.3 is 11.1 Å². The van der Waals surface area contributed by atoms with Crippen molar-refractivity contribution in [2.24, 2.45) is 11.1 Å². The fraction of sp³-hybridized carbons (Fsp3) is 0.700. The van der Waals surface area contributed by atoms with Crippen molar-refractivity contribution in [1.82, 2.24) is 10.6 Å². The van der Waals surface area contributed by atoms with Crippen molar-refractivity contribution < 1.29 is 14.4 Å². The number of amides is 3. The monoisotopic (exact) mass is 225 g/mol. The standard InChI is InChI=1S/C10H15N3O3/c11-5-10(3-4-10)9(16)12-6-1-2-7(14)13-8(6)15/h6H,1-5,11H2,(H,12,16)(H,13,14,15). The van der Waals surface area contributed by atoms with Crippen LogP contribution >= 0.6 is 0 Å². The van der Waals surface area contributed by atoms with E-state index in [0.29, 0.717) is 13.0 Å². The molecule has 0 bridgehead atoms. The lowest BCUT2D eigenvalue weighted by Crippen LogP contribution is -2.54. The third-order valence-electron chi connectivity index (χ3n) is 3.27. The quantitative estimate of drug-likeness (QED) is 0.517. The first-order valence-corrected chi connectivity index (χ1v) is 5.42. The van der Waals surface area contributed by atoms with Crippen LogP contribution in [0.1, 0.15) is 25.7 Å². The SMILES string of the molecule is NCC1(C(=O)NC2CCC(=O)NC2=O)CC1. The van der Waals surface area contributed by atoms with E-state index < -0.39 is 17.4 Å². The second-order valence-corrected chi connectivity index (χ2v) is 4.46. The van der Waals surface area contributed by atoms with E-state index >= 15 is 0 Å². The lowest BCUT2D eigenvalue weighted by Gasteiger charge is -2.23. The summed E-state index contributed by atoms with van der Waals surface area (Å²) < 4.78 is 0. The normalized spacial score (nSPS) is 27.2. The molecule has 6 nitrogen and oxygen atoms in total. The molecule has 2 rings (SSSR count). The Balaban J connectivity index is 1.92. The largest absolute Gasteiger partial charge is 0.344 e. The summed E-state index contributed by atoms with van der Waals surface area (Å²) in [6.45, 7) is 0.312. The molecule has 1 unspecified atom stereocenters. The van der Waals surface area contributed by atoms with Crippen LogP contribution in [0.2, 0.25) is 0 Å². The Morgan fingerprint density at radius 3 is 2.69 bits per heavy atom. The van der Waals surface area contributed by atoms with Gasteiger partial charge in [-0.2, -0.15) is 0 Å². The van der Waals surface area contributed by atoms with Gasteiger partial charge in [0.2, 0.25) is 17.7 Å². The summed E-state index contributed by atoms with van der Waals surface area (Å²) in [7, 11) is 0. The molecule has 1 saturated heterocycles. The third kappa shape index (κ3) is 1.92. The Kier molecular flexibility index (Phi) is 2.67. The van der Waals surface area contributed by atoms with Crippen LogP contribution in [0.5, 0.6) is 0 Å². The number of hydrogen-bond acceptors (Lipinski definition) is 4. The van der Waals surface area contributed by atoms with Gasteiger partial charge in [-0.3, -0.25) is 19.7 Å². The predicted molar refractivity (Wildman–Crippen MR) is 55.0 cm³/mol. The van der Waals surface area contributed by atoms with Gasteiger partial charge in [-0.1, -0.05) is 0 Å². The highest BCUT2D eigenvalue weighted by atomic mass is 16.2. The van der Waals surface area contributed by atoms with Crippen LogP contribution in [-0.4, -0.2) is 30.3 Å². The predicted octanol–water partition coefficient (Wildman–Crippen LogP) is -1.35. The molecule has 1 aliphatic heterocycles. The summed E-state index contributed by atoms with van der Waals surface area (Å²) in [6.07, 6.45) is 2.20. The number of carbonyl (C=O) groups is 3. The molecule has 6 heteroatoms. The summed E-state index contributed by atoms with van der Waals surface area (Å²) in [5.41, 5.74) is 5.06. The Labute approximate surface area is 92.9 Å². The molecule has 0 spiro atoms. The molecule has 88 valence electrons. The van der Waals surface area contributed by atoms with Crippen molar-refractivity contribution >= 4 is 17.7 Å². The Morgan fingerprint density at radius 2 is 2.19 bits per heavy atom. The van der Waals surface area contributed by atoms with Crippen LogP contribution in [0, 0.1) is 5.41 Å². The molecular formula is C10H15N3O3. The molecule has 4 N–H and O–H groups in total. The lowest BCUT2D eigenvalue weighted by molar-refractivity contribution is -0.138. The van der Waals surface area contributed by atoms with E-state index in [1.54, 1.807) is 0 Å². The van der Waals surface area contributed by atoms with Gasteiger partial charge in [0, 0.05) is 13.0 Å². The number of imide groups is 1.